The molecule has 2 saturated carbocycles. The number of nitrogens with one attached hydrogen (secondary N) is 1. The summed E-state index contributed by atoms with van der Waals surface area (Å²) < 4.78 is 11.3. The van der Waals surface area contributed by atoms with Gasteiger partial charge in [0.05, 0.1) is 24.3 Å². The Bertz CT molecular complexity index is 359. The molecule has 5 heteroatoms. The topological polar surface area (TPSA) is 42.9 Å². The van der Waals surface area contributed by atoms with Crippen LogP contribution in [0.5, 0.6) is 0 Å². The third-order valence-corrected chi connectivity index (χ3v) is 5.35. The van der Waals surface area contributed by atoms with Crippen molar-refractivity contribution in [2.75, 3.05) is 14.2 Å². The first-order valence-corrected chi connectivity index (χ1v) is 7.66. The van der Waals surface area contributed by atoms with Crippen molar-refractivity contribution in [1.82, 2.24) is 5.32 Å². The van der Waals surface area contributed by atoms with Crippen LogP contribution in [-0.2, 0) is 9.47 Å². The summed E-state index contributed by atoms with van der Waals surface area (Å²) in [6, 6.07) is 0.634. The van der Waals surface area contributed by atoms with Crippen molar-refractivity contribution in [3.05, 3.63) is 0 Å². The number of fused-ring (bicyclic) bond motifs is 1. The summed E-state index contributed by atoms with van der Waals surface area (Å²) in [7, 11) is 3.57. The van der Waals surface area contributed by atoms with Gasteiger partial charge >= 0.3 is 0 Å². The number of methoxy groups -OCH3 is 2. The second-order valence-corrected chi connectivity index (χ2v) is 6.40. The number of hydrogen-bond donors (Lipinski definition) is 1. The molecule has 1 aliphatic heterocycles. The molecular weight excluding hydrogens is 264 g/mol. The van der Waals surface area contributed by atoms with Gasteiger partial charge in [-0.15, -0.1) is 0 Å². The van der Waals surface area contributed by atoms with Gasteiger partial charge in [-0.25, -0.2) is 0 Å². The Balaban J connectivity index is 1.83. The van der Waals surface area contributed by atoms with E-state index in [-0.39, 0.29) is 18.2 Å². The molecule has 3 aliphatic rings. The summed E-state index contributed by atoms with van der Waals surface area (Å²) in [5.41, 5.74) is 0. The smallest absolute Gasteiger partial charge is 0.191 e. The molecule has 1 N–H and O–H groups in total. The van der Waals surface area contributed by atoms with Crippen LogP contribution in [0.15, 0.2) is 4.99 Å². The lowest BCUT2D eigenvalue weighted by Crippen LogP contribution is -2.60. The second-order valence-electron chi connectivity index (χ2n) is 6.04. The average Bonchev–Trinajstić information content (AvgIpc) is 2.35. The van der Waals surface area contributed by atoms with E-state index in [2.05, 4.69) is 10.3 Å². The predicted molar refractivity (Wildman–Crippen MR) is 75.7 cm³/mol. The van der Waals surface area contributed by atoms with Gasteiger partial charge in [-0.2, -0.15) is 0 Å². The van der Waals surface area contributed by atoms with Crippen LogP contribution >= 0.6 is 11.6 Å². The Hall–Kier alpha value is -0.320. The largest absolute Gasteiger partial charge is 0.381 e. The molecule has 0 spiro atoms. The van der Waals surface area contributed by atoms with Crippen LogP contribution in [0.1, 0.15) is 32.1 Å². The normalized spacial score (nSPS) is 42.9. The maximum Gasteiger partial charge on any atom is 0.191 e. The molecule has 0 bridgehead atoms. The minimum Gasteiger partial charge on any atom is -0.381 e. The third-order valence-electron chi connectivity index (χ3n) is 5.15. The number of aliphatic imine (C=N–C) groups is 1. The molecule has 2 aliphatic carbocycles. The summed E-state index contributed by atoms with van der Waals surface area (Å²) in [4.78, 5) is 4.69. The van der Waals surface area contributed by atoms with Crippen LogP contribution in [0.25, 0.3) is 0 Å². The standard InChI is InChI=1S/C14H23ClN2O2/c1-18-9-6-10-12(8-4-3-5-8)16-14(15)17-13(10)11(7-9)19-2/h8-13H,3-7H2,1-2H3,(H,16,17). The van der Waals surface area contributed by atoms with E-state index in [0.29, 0.717) is 23.2 Å². The van der Waals surface area contributed by atoms with Crippen molar-refractivity contribution in [2.24, 2.45) is 16.8 Å². The Kier molecular flexibility index (Phi) is 4.01. The fourth-order valence-corrected chi connectivity index (χ4v) is 4.09. The van der Waals surface area contributed by atoms with E-state index in [1.165, 1.54) is 19.3 Å². The Morgan fingerprint density at radius 3 is 2.58 bits per heavy atom. The lowest BCUT2D eigenvalue weighted by Gasteiger charge is -2.49. The molecule has 0 saturated heterocycles. The van der Waals surface area contributed by atoms with Gasteiger partial charge in [-0.3, -0.25) is 4.99 Å². The van der Waals surface area contributed by atoms with Gasteiger partial charge in [0.25, 0.3) is 0 Å². The lowest BCUT2D eigenvalue weighted by atomic mass is 9.67. The number of rotatable bonds is 3. The molecule has 0 amide bonds. The van der Waals surface area contributed by atoms with Crippen LogP contribution in [-0.4, -0.2) is 43.8 Å². The molecule has 1 heterocycles. The zero-order valence-electron chi connectivity index (χ0n) is 11.6. The van der Waals surface area contributed by atoms with Crippen molar-refractivity contribution in [1.29, 1.82) is 0 Å². The van der Waals surface area contributed by atoms with Crippen molar-refractivity contribution < 1.29 is 9.47 Å². The minimum atomic E-state index is 0.163. The molecule has 2 fully saturated rings. The number of ether oxygens (including phenoxy) is 2. The highest BCUT2D eigenvalue weighted by Gasteiger charge is 2.47. The molecule has 108 valence electrons. The van der Waals surface area contributed by atoms with Gasteiger partial charge in [0.1, 0.15) is 0 Å². The maximum atomic E-state index is 6.20. The van der Waals surface area contributed by atoms with E-state index in [0.717, 1.165) is 12.8 Å². The number of nitrogens with zero attached hydrogens (tertiary/aromatic N) is 1. The first-order chi connectivity index (χ1) is 9.22. The van der Waals surface area contributed by atoms with Gasteiger partial charge in [-0.1, -0.05) is 6.42 Å². The highest BCUT2D eigenvalue weighted by Crippen LogP contribution is 2.42. The molecule has 19 heavy (non-hydrogen) atoms. The summed E-state index contributed by atoms with van der Waals surface area (Å²) in [5, 5.41) is 3.90. The number of amidine groups is 1. The first-order valence-electron chi connectivity index (χ1n) is 7.28. The third kappa shape index (κ3) is 2.50. The highest BCUT2D eigenvalue weighted by atomic mass is 35.5. The molecule has 5 unspecified atom stereocenters. The van der Waals surface area contributed by atoms with E-state index >= 15 is 0 Å². The average molecular weight is 287 g/mol. The van der Waals surface area contributed by atoms with Gasteiger partial charge in [0.15, 0.2) is 5.29 Å². The first kappa shape index (κ1) is 13.7. The summed E-state index contributed by atoms with van der Waals surface area (Å²) in [6.45, 7) is 0. The second kappa shape index (κ2) is 5.58. The SMILES string of the molecule is COC1CC(OC)C2NC(Cl)=NC(C3CCC3)C2C1. The van der Waals surface area contributed by atoms with Crippen LogP contribution in [0.4, 0.5) is 0 Å². The summed E-state index contributed by atoms with van der Waals surface area (Å²) in [5.74, 6) is 1.19. The van der Waals surface area contributed by atoms with Crippen molar-refractivity contribution in [3.63, 3.8) is 0 Å². The Morgan fingerprint density at radius 2 is 2.00 bits per heavy atom. The van der Waals surface area contributed by atoms with E-state index in [1.54, 1.807) is 14.2 Å². The fourth-order valence-electron chi connectivity index (χ4n) is 3.85. The van der Waals surface area contributed by atoms with Gasteiger partial charge in [0.2, 0.25) is 0 Å². The summed E-state index contributed by atoms with van der Waals surface area (Å²) >= 11 is 6.20. The summed E-state index contributed by atoms with van der Waals surface area (Å²) in [6.07, 6.45) is 6.35. The van der Waals surface area contributed by atoms with Crippen molar-refractivity contribution in [2.45, 2.75) is 56.4 Å². The molecule has 0 aromatic rings. The molecule has 5 atom stereocenters. The van der Waals surface area contributed by atoms with E-state index < -0.39 is 0 Å². The zero-order chi connectivity index (χ0) is 13.4. The molecule has 4 nitrogen and oxygen atoms in total. The molecule has 0 aromatic carbocycles. The van der Waals surface area contributed by atoms with E-state index in [4.69, 9.17) is 21.1 Å². The van der Waals surface area contributed by atoms with E-state index in [9.17, 15) is 0 Å². The zero-order valence-corrected chi connectivity index (χ0v) is 12.4. The van der Waals surface area contributed by atoms with Crippen LogP contribution in [0.3, 0.4) is 0 Å². The highest BCUT2D eigenvalue weighted by molar-refractivity contribution is 6.64. The van der Waals surface area contributed by atoms with E-state index in [1.807, 2.05) is 0 Å². The van der Waals surface area contributed by atoms with Crippen LogP contribution < -0.4 is 5.32 Å². The van der Waals surface area contributed by atoms with Gasteiger partial charge in [0, 0.05) is 26.6 Å². The fraction of sp³-hybridized carbons (Fsp3) is 0.929. The van der Waals surface area contributed by atoms with Crippen molar-refractivity contribution in [3.8, 4) is 0 Å². The monoisotopic (exact) mass is 286 g/mol. The predicted octanol–water partition coefficient (Wildman–Crippen LogP) is 2.16. The van der Waals surface area contributed by atoms with Gasteiger partial charge in [-0.05, 0) is 36.8 Å². The maximum absolute atomic E-state index is 6.20. The lowest BCUT2D eigenvalue weighted by molar-refractivity contribution is -0.0598. The van der Waals surface area contributed by atoms with Crippen LogP contribution in [0.2, 0.25) is 0 Å². The number of halogens is 1. The Labute approximate surface area is 119 Å². The van der Waals surface area contributed by atoms with Crippen LogP contribution in [0, 0.1) is 11.8 Å². The van der Waals surface area contributed by atoms with Crippen molar-refractivity contribution >= 4 is 16.9 Å². The minimum absolute atomic E-state index is 0.163. The number of hydrogen-bond acceptors (Lipinski definition) is 4. The molecule has 0 radical (unpaired) electrons. The van der Waals surface area contributed by atoms with Gasteiger partial charge < -0.3 is 14.8 Å². The molecule has 3 rings (SSSR count). The molecule has 0 aromatic heterocycles. The quantitative estimate of drug-likeness (QED) is 0.809. The Morgan fingerprint density at radius 1 is 1.21 bits per heavy atom. The molecular formula is C14H23ClN2O2.